The van der Waals surface area contributed by atoms with Gasteiger partial charge in [-0.2, -0.15) is 0 Å². The summed E-state index contributed by atoms with van der Waals surface area (Å²) in [6.45, 7) is -0.506. The van der Waals surface area contributed by atoms with E-state index in [9.17, 15) is 14.2 Å². The Morgan fingerprint density at radius 1 is 0.489 bits per heavy atom. The van der Waals surface area contributed by atoms with E-state index in [1.165, 1.54) is 18.2 Å². The Balaban J connectivity index is 1.40. The summed E-state index contributed by atoms with van der Waals surface area (Å²) in [4.78, 5) is 0. The van der Waals surface area contributed by atoms with E-state index in [4.69, 9.17) is 22.6 Å². The molecule has 5 aromatic carbocycles. The number of phosphoric ester groups is 1. The van der Waals surface area contributed by atoms with Gasteiger partial charge in [-0.1, -0.05) is 121 Å². The summed E-state index contributed by atoms with van der Waals surface area (Å²) in [5.41, 5.74) is 3.38. The molecule has 10 heteroatoms. The van der Waals surface area contributed by atoms with E-state index in [2.05, 4.69) is 0 Å². The maximum absolute atomic E-state index is 14.3. The van der Waals surface area contributed by atoms with Crippen molar-refractivity contribution in [2.45, 2.75) is 33.0 Å². The van der Waals surface area contributed by atoms with Gasteiger partial charge in [-0.3, -0.25) is 13.6 Å². The number of aliphatic hydroxyl groups excluding tert-OH is 1. The van der Waals surface area contributed by atoms with Crippen LogP contribution in [0.3, 0.4) is 0 Å². The molecule has 0 radical (unpaired) electrons. The average molecular weight is 645 g/mol. The van der Waals surface area contributed by atoms with Gasteiger partial charge in [0.2, 0.25) is 0 Å². The highest BCUT2D eigenvalue weighted by molar-refractivity contribution is 7.62. The zero-order chi connectivity index (χ0) is 31.4. The number of hydrogen-bond donors (Lipinski definition) is 1. The minimum absolute atomic E-state index is 0.0324. The molecular formula is C35H34O8P2. The topological polar surface area (TPSA) is 101 Å². The van der Waals surface area contributed by atoms with Gasteiger partial charge in [0.25, 0.3) is 0 Å². The summed E-state index contributed by atoms with van der Waals surface area (Å²) >= 11 is 0. The highest BCUT2D eigenvalue weighted by atomic mass is 31.2. The van der Waals surface area contributed by atoms with Crippen LogP contribution in [0, 0.1) is 0 Å². The molecule has 0 aliphatic rings. The molecule has 1 N–H and O–H groups in total. The van der Waals surface area contributed by atoms with Crippen LogP contribution in [-0.2, 0) is 60.3 Å². The van der Waals surface area contributed by atoms with Crippen LogP contribution in [0.25, 0.3) is 0 Å². The first kappa shape index (κ1) is 32.6. The predicted molar refractivity (Wildman–Crippen MR) is 173 cm³/mol. The molecular weight excluding hydrogens is 610 g/mol. The summed E-state index contributed by atoms with van der Waals surface area (Å²) in [6.07, 6.45) is 0. The van der Waals surface area contributed by atoms with Crippen LogP contribution < -0.4 is 9.83 Å². The van der Waals surface area contributed by atoms with Crippen molar-refractivity contribution in [2.75, 3.05) is 0 Å². The van der Waals surface area contributed by atoms with Crippen LogP contribution in [0.4, 0.5) is 0 Å². The number of benzene rings is 5. The Bertz CT molecular complexity index is 1620. The van der Waals surface area contributed by atoms with E-state index < -0.39 is 22.0 Å². The molecule has 0 aliphatic carbocycles. The highest BCUT2D eigenvalue weighted by Crippen LogP contribution is 2.53. The third-order valence-corrected chi connectivity index (χ3v) is 9.85. The van der Waals surface area contributed by atoms with Crippen molar-refractivity contribution in [3.8, 4) is 5.75 Å². The zero-order valence-electron chi connectivity index (χ0n) is 24.5. The van der Waals surface area contributed by atoms with E-state index in [1.54, 1.807) is 0 Å². The van der Waals surface area contributed by atoms with Gasteiger partial charge >= 0.3 is 15.4 Å². The average Bonchev–Trinajstić information content (AvgIpc) is 3.10. The molecule has 232 valence electrons. The van der Waals surface area contributed by atoms with E-state index >= 15 is 0 Å². The first-order chi connectivity index (χ1) is 21.9. The van der Waals surface area contributed by atoms with Gasteiger partial charge < -0.3 is 18.7 Å². The van der Waals surface area contributed by atoms with Gasteiger partial charge in [-0.25, -0.2) is 4.57 Å². The minimum atomic E-state index is -4.22. The molecule has 8 nitrogen and oxygen atoms in total. The van der Waals surface area contributed by atoms with E-state index in [-0.39, 0.29) is 43.0 Å². The maximum Gasteiger partial charge on any atom is 0.530 e. The van der Waals surface area contributed by atoms with Gasteiger partial charge in [0, 0.05) is 5.56 Å². The Morgan fingerprint density at radius 3 is 1.24 bits per heavy atom. The van der Waals surface area contributed by atoms with E-state index in [1.807, 2.05) is 121 Å². The van der Waals surface area contributed by atoms with Crippen molar-refractivity contribution in [1.82, 2.24) is 0 Å². The van der Waals surface area contributed by atoms with Crippen molar-refractivity contribution in [2.24, 2.45) is 0 Å². The summed E-state index contributed by atoms with van der Waals surface area (Å²) in [6, 6.07) is 41.5. The molecule has 0 heterocycles. The van der Waals surface area contributed by atoms with Crippen LogP contribution in [0.5, 0.6) is 5.75 Å². The highest BCUT2D eigenvalue weighted by Gasteiger charge is 2.33. The lowest BCUT2D eigenvalue weighted by molar-refractivity contribution is 0.142. The number of phosphoric acid groups is 1. The fraction of sp³-hybridized carbons (Fsp3) is 0.143. The quantitative estimate of drug-likeness (QED) is 0.107. The van der Waals surface area contributed by atoms with E-state index in [0.717, 1.165) is 22.3 Å². The third-order valence-electron chi connectivity index (χ3n) is 6.69. The molecule has 0 fully saturated rings. The lowest BCUT2D eigenvalue weighted by atomic mass is 10.2. The molecule has 0 atom stereocenters. The summed E-state index contributed by atoms with van der Waals surface area (Å²) in [5, 5.41) is 10.5. The van der Waals surface area contributed by atoms with Crippen molar-refractivity contribution in [3.63, 3.8) is 0 Å². The Labute approximate surface area is 263 Å². The van der Waals surface area contributed by atoms with Crippen molar-refractivity contribution >= 4 is 20.7 Å². The first-order valence-corrected chi connectivity index (χ1v) is 17.3. The molecule has 0 saturated carbocycles. The fourth-order valence-corrected chi connectivity index (χ4v) is 7.06. The van der Waals surface area contributed by atoms with Crippen LogP contribution in [-0.4, -0.2) is 5.11 Å². The molecule has 0 bridgehead atoms. The third kappa shape index (κ3) is 9.57. The first-order valence-electron chi connectivity index (χ1n) is 14.3. The Morgan fingerprint density at radius 2 is 0.867 bits per heavy atom. The molecule has 0 saturated heterocycles. The fourth-order valence-electron chi connectivity index (χ4n) is 4.27. The number of hydrogen-bond acceptors (Lipinski definition) is 8. The SMILES string of the molecule is O=P(OCc1ccccc1)(OCc1ccccc1)Oc1ccc(P(=O)(OCc2ccccc2)OCc2ccccc2)cc1CO. The number of rotatable bonds is 16. The van der Waals surface area contributed by atoms with Crippen molar-refractivity contribution < 1.29 is 36.9 Å². The van der Waals surface area contributed by atoms with Crippen LogP contribution in [0.2, 0.25) is 0 Å². The van der Waals surface area contributed by atoms with Crippen LogP contribution >= 0.6 is 15.4 Å². The molecule has 5 aromatic rings. The summed E-state index contributed by atoms with van der Waals surface area (Å²) in [7, 11) is -8.13. The molecule has 5 rings (SSSR count). The van der Waals surface area contributed by atoms with Gasteiger partial charge in [0.05, 0.1) is 38.3 Å². The summed E-state index contributed by atoms with van der Waals surface area (Å²) < 4.78 is 57.5. The second-order valence-electron chi connectivity index (χ2n) is 10.0. The smallest absolute Gasteiger partial charge is 0.404 e. The standard InChI is InChI=1S/C35H34O8P2/c36-24-33-23-34(44(37,39-25-29-13-5-1-6-14-29)40-26-30-15-7-2-8-16-30)21-22-35(33)43-45(38,41-27-31-17-9-3-10-18-31)42-28-32-19-11-4-12-20-32/h1-23,36H,24-28H2. The molecule has 0 spiro atoms. The molecule has 0 aromatic heterocycles. The molecule has 0 aliphatic heterocycles. The largest absolute Gasteiger partial charge is 0.530 e. The van der Waals surface area contributed by atoms with Crippen LogP contribution in [0.15, 0.2) is 140 Å². The van der Waals surface area contributed by atoms with E-state index in [0.29, 0.717) is 0 Å². The maximum atomic E-state index is 14.3. The zero-order valence-corrected chi connectivity index (χ0v) is 26.3. The lowest BCUT2D eigenvalue weighted by Crippen LogP contribution is -2.13. The van der Waals surface area contributed by atoms with Crippen molar-refractivity contribution in [1.29, 1.82) is 0 Å². The Hall–Kier alpha value is -3.84. The van der Waals surface area contributed by atoms with Crippen molar-refractivity contribution in [3.05, 3.63) is 167 Å². The van der Waals surface area contributed by atoms with Crippen LogP contribution in [0.1, 0.15) is 27.8 Å². The number of aliphatic hydroxyl groups is 1. The monoisotopic (exact) mass is 644 g/mol. The normalized spacial score (nSPS) is 11.8. The second kappa shape index (κ2) is 15.9. The Kier molecular flexibility index (Phi) is 11.5. The predicted octanol–water partition coefficient (Wildman–Crippen LogP) is 8.35. The summed E-state index contributed by atoms with van der Waals surface area (Å²) in [5.74, 6) is 0.0448. The lowest BCUT2D eigenvalue weighted by Gasteiger charge is -2.22. The minimum Gasteiger partial charge on any atom is -0.404 e. The molecule has 45 heavy (non-hydrogen) atoms. The van der Waals surface area contributed by atoms with Gasteiger partial charge in [-0.15, -0.1) is 0 Å². The second-order valence-corrected chi connectivity index (χ2v) is 13.6. The van der Waals surface area contributed by atoms with Gasteiger partial charge in [-0.05, 0) is 40.5 Å². The molecule has 0 unspecified atom stereocenters. The van der Waals surface area contributed by atoms with Gasteiger partial charge in [0.1, 0.15) is 5.75 Å². The molecule has 0 amide bonds. The van der Waals surface area contributed by atoms with Gasteiger partial charge in [0.15, 0.2) is 0 Å².